The van der Waals surface area contributed by atoms with Crippen molar-refractivity contribution < 1.29 is 4.79 Å². The fourth-order valence-electron chi connectivity index (χ4n) is 3.77. The van der Waals surface area contributed by atoms with Crippen molar-refractivity contribution in [2.75, 3.05) is 6.54 Å². The lowest BCUT2D eigenvalue weighted by Crippen LogP contribution is -2.38. The fourth-order valence-corrected chi connectivity index (χ4v) is 3.77. The topological polar surface area (TPSA) is 58.4 Å². The molecule has 1 aromatic heterocycles. The first kappa shape index (κ1) is 19.4. The molecule has 5 nitrogen and oxygen atoms in total. The normalized spacial score (nSPS) is 15.4. The number of amides is 1. The van der Waals surface area contributed by atoms with Gasteiger partial charge >= 0.3 is 0 Å². The van der Waals surface area contributed by atoms with E-state index in [2.05, 4.69) is 71.5 Å². The van der Waals surface area contributed by atoms with E-state index in [1.165, 1.54) is 37.7 Å². The molecular formula is C22H30N4O. The van der Waals surface area contributed by atoms with Crippen LogP contribution in [0.1, 0.15) is 54.6 Å². The second-order valence-electron chi connectivity index (χ2n) is 7.51. The number of carbonyl (C=O) groups is 1. The summed E-state index contributed by atoms with van der Waals surface area (Å²) in [7, 11) is 0. The van der Waals surface area contributed by atoms with Gasteiger partial charge in [-0.3, -0.25) is 4.79 Å². The SMILES string of the molecule is Cc1ccc(-n2c(C)cc(/C=N\NC(=O)CNC3CCCCC3)c2C)cc1. The van der Waals surface area contributed by atoms with Crippen LogP contribution in [-0.4, -0.2) is 29.3 Å². The molecule has 0 aliphatic heterocycles. The van der Waals surface area contributed by atoms with Gasteiger partial charge in [-0.25, -0.2) is 5.43 Å². The van der Waals surface area contributed by atoms with E-state index in [9.17, 15) is 4.79 Å². The van der Waals surface area contributed by atoms with E-state index >= 15 is 0 Å². The van der Waals surface area contributed by atoms with Gasteiger partial charge < -0.3 is 9.88 Å². The second kappa shape index (κ2) is 9.00. The van der Waals surface area contributed by atoms with Gasteiger partial charge in [-0.1, -0.05) is 37.0 Å². The molecule has 1 aliphatic carbocycles. The molecule has 27 heavy (non-hydrogen) atoms. The number of hydrazone groups is 1. The third-order valence-corrected chi connectivity index (χ3v) is 5.31. The summed E-state index contributed by atoms with van der Waals surface area (Å²) >= 11 is 0. The predicted octanol–water partition coefficient (Wildman–Crippen LogP) is 3.77. The zero-order valence-electron chi connectivity index (χ0n) is 16.6. The van der Waals surface area contributed by atoms with Crippen molar-refractivity contribution in [1.82, 2.24) is 15.3 Å². The van der Waals surface area contributed by atoms with E-state index in [0.717, 1.165) is 22.6 Å². The van der Waals surface area contributed by atoms with Crippen LogP contribution < -0.4 is 10.7 Å². The Morgan fingerprint density at radius 2 is 1.85 bits per heavy atom. The molecule has 0 saturated heterocycles. The zero-order chi connectivity index (χ0) is 19.2. The van der Waals surface area contributed by atoms with Crippen molar-refractivity contribution in [2.45, 2.75) is 58.9 Å². The highest BCUT2D eigenvalue weighted by Gasteiger charge is 2.13. The van der Waals surface area contributed by atoms with Gasteiger partial charge in [0.15, 0.2) is 0 Å². The number of aryl methyl sites for hydroxylation is 2. The Bertz CT molecular complexity index is 798. The van der Waals surface area contributed by atoms with E-state index in [-0.39, 0.29) is 5.91 Å². The Balaban J connectivity index is 1.58. The van der Waals surface area contributed by atoms with Crippen molar-refractivity contribution in [3.8, 4) is 5.69 Å². The van der Waals surface area contributed by atoms with E-state index in [1.807, 2.05) is 0 Å². The third-order valence-electron chi connectivity index (χ3n) is 5.31. The second-order valence-corrected chi connectivity index (χ2v) is 7.51. The summed E-state index contributed by atoms with van der Waals surface area (Å²) < 4.78 is 2.20. The summed E-state index contributed by atoms with van der Waals surface area (Å²) in [5, 5.41) is 7.48. The quantitative estimate of drug-likeness (QED) is 0.604. The number of hydrogen-bond acceptors (Lipinski definition) is 3. The minimum absolute atomic E-state index is 0.0934. The van der Waals surface area contributed by atoms with Gasteiger partial charge in [0.25, 0.3) is 5.91 Å². The first-order valence-corrected chi connectivity index (χ1v) is 9.86. The zero-order valence-corrected chi connectivity index (χ0v) is 16.6. The molecule has 0 spiro atoms. The Kier molecular flexibility index (Phi) is 6.45. The highest BCUT2D eigenvalue weighted by Crippen LogP contribution is 2.20. The molecule has 0 atom stereocenters. The maximum atomic E-state index is 12.0. The van der Waals surface area contributed by atoms with Gasteiger partial charge in [-0.2, -0.15) is 5.10 Å². The Hall–Kier alpha value is -2.40. The first-order chi connectivity index (χ1) is 13.0. The standard InChI is InChI=1S/C22H30N4O/c1-16-9-11-21(12-10-16)26-17(2)13-19(18(26)3)14-24-25-22(27)15-23-20-7-5-4-6-8-20/h9-14,20,23H,4-8,15H2,1-3H3,(H,25,27)/b24-14-. The molecule has 5 heteroatoms. The molecule has 1 saturated carbocycles. The number of rotatable bonds is 6. The summed E-state index contributed by atoms with van der Waals surface area (Å²) in [5.74, 6) is -0.0934. The van der Waals surface area contributed by atoms with Gasteiger partial charge in [0.1, 0.15) is 0 Å². The Morgan fingerprint density at radius 3 is 2.56 bits per heavy atom. The summed E-state index contributed by atoms with van der Waals surface area (Å²) in [6, 6.07) is 11.0. The average Bonchev–Trinajstić information content (AvgIpc) is 2.95. The van der Waals surface area contributed by atoms with Crippen LogP contribution in [0.4, 0.5) is 0 Å². The van der Waals surface area contributed by atoms with Crippen LogP contribution in [-0.2, 0) is 4.79 Å². The predicted molar refractivity (Wildman–Crippen MR) is 111 cm³/mol. The highest BCUT2D eigenvalue weighted by atomic mass is 16.2. The molecule has 1 aromatic carbocycles. The monoisotopic (exact) mass is 366 g/mol. The molecule has 1 aliphatic rings. The Morgan fingerprint density at radius 1 is 1.15 bits per heavy atom. The molecule has 2 N–H and O–H groups in total. The van der Waals surface area contributed by atoms with Crippen LogP contribution >= 0.6 is 0 Å². The molecule has 1 amide bonds. The minimum Gasteiger partial charge on any atom is -0.318 e. The van der Waals surface area contributed by atoms with Gasteiger partial charge in [0.05, 0.1) is 12.8 Å². The number of hydrogen-bond donors (Lipinski definition) is 2. The van der Waals surface area contributed by atoms with E-state index in [0.29, 0.717) is 12.6 Å². The maximum absolute atomic E-state index is 12.0. The lowest BCUT2D eigenvalue weighted by atomic mass is 9.95. The smallest absolute Gasteiger partial charge is 0.254 e. The van der Waals surface area contributed by atoms with Crippen molar-refractivity contribution in [1.29, 1.82) is 0 Å². The summed E-state index contributed by atoms with van der Waals surface area (Å²) in [6.45, 7) is 6.56. The molecule has 0 bridgehead atoms. The highest BCUT2D eigenvalue weighted by molar-refractivity contribution is 5.84. The van der Waals surface area contributed by atoms with Gasteiger partial charge in [-0.05, 0) is 51.8 Å². The number of aromatic nitrogens is 1. The van der Waals surface area contributed by atoms with Gasteiger partial charge in [-0.15, -0.1) is 0 Å². The number of benzene rings is 1. The first-order valence-electron chi connectivity index (χ1n) is 9.86. The van der Waals surface area contributed by atoms with Crippen LogP contribution in [0.2, 0.25) is 0 Å². The molecule has 0 radical (unpaired) electrons. The lowest BCUT2D eigenvalue weighted by molar-refractivity contribution is -0.120. The van der Waals surface area contributed by atoms with Crippen LogP contribution in [0.3, 0.4) is 0 Å². The van der Waals surface area contributed by atoms with Gasteiger partial charge in [0, 0.05) is 28.7 Å². The van der Waals surface area contributed by atoms with E-state index in [1.54, 1.807) is 6.21 Å². The average molecular weight is 367 g/mol. The Labute approximate surface area is 161 Å². The maximum Gasteiger partial charge on any atom is 0.254 e. The molecule has 1 fully saturated rings. The molecule has 144 valence electrons. The lowest BCUT2D eigenvalue weighted by Gasteiger charge is -2.22. The van der Waals surface area contributed by atoms with E-state index in [4.69, 9.17) is 0 Å². The van der Waals surface area contributed by atoms with Crippen LogP contribution in [0.25, 0.3) is 5.69 Å². The molecule has 1 heterocycles. The summed E-state index contributed by atoms with van der Waals surface area (Å²) in [6.07, 6.45) is 7.90. The summed E-state index contributed by atoms with van der Waals surface area (Å²) in [4.78, 5) is 12.0. The number of nitrogens with zero attached hydrogens (tertiary/aromatic N) is 2. The summed E-state index contributed by atoms with van der Waals surface area (Å²) in [5.41, 5.74) is 8.27. The van der Waals surface area contributed by atoms with Crippen LogP contribution in [0, 0.1) is 20.8 Å². The largest absolute Gasteiger partial charge is 0.318 e. The van der Waals surface area contributed by atoms with Crippen LogP contribution in [0.15, 0.2) is 35.4 Å². The van der Waals surface area contributed by atoms with Crippen LogP contribution in [0.5, 0.6) is 0 Å². The van der Waals surface area contributed by atoms with Crippen molar-refractivity contribution in [3.05, 3.63) is 52.8 Å². The fraction of sp³-hybridized carbons (Fsp3) is 0.455. The van der Waals surface area contributed by atoms with Crippen molar-refractivity contribution in [3.63, 3.8) is 0 Å². The molecular weight excluding hydrogens is 336 g/mol. The number of nitrogens with one attached hydrogen (secondary N) is 2. The molecule has 0 unspecified atom stereocenters. The molecule has 2 aromatic rings. The van der Waals surface area contributed by atoms with Crippen molar-refractivity contribution >= 4 is 12.1 Å². The minimum atomic E-state index is -0.0934. The number of carbonyl (C=O) groups excluding carboxylic acids is 1. The molecule has 3 rings (SSSR count). The third kappa shape index (κ3) is 5.07. The van der Waals surface area contributed by atoms with Gasteiger partial charge in [0.2, 0.25) is 0 Å². The van der Waals surface area contributed by atoms with E-state index < -0.39 is 0 Å². The van der Waals surface area contributed by atoms with Crippen molar-refractivity contribution in [2.24, 2.45) is 5.10 Å².